The van der Waals surface area contributed by atoms with Crippen LogP contribution in [-0.2, 0) is 4.74 Å². The molecule has 2 unspecified atom stereocenters. The highest BCUT2D eigenvalue weighted by Gasteiger charge is 2.28. The molecule has 1 aliphatic rings. The standard InChI is InChI=1S/C12H20N4O/c1-9-3-4-14-7-10(9)12(15-13)11-8-16(2)5-6-17-11/h3-4,7,11-12,15H,5-6,8,13H2,1-2H3. The minimum atomic E-state index is -0.00792. The number of aromatic nitrogens is 1. The smallest absolute Gasteiger partial charge is 0.0910 e. The van der Waals surface area contributed by atoms with E-state index in [2.05, 4.69) is 29.3 Å². The van der Waals surface area contributed by atoms with Gasteiger partial charge < -0.3 is 9.64 Å². The molecule has 2 heterocycles. The summed E-state index contributed by atoms with van der Waals surface area (Å²) in [6.45, 7) is 4.66. The number of ether oxygens (including phenoxy) is 1. The van der Waals surface area contributed by atoms with Gasteiger partial charge in [0.1, 0.15) is 0 Å². The largest absolute Gasteiger partial charge is 0.374 e. The molecule has 1 saturated heterocycles. The number of morpholine rings is 1. The van der Waals surface area contributed by atoms with Crippen LogP contribution in [0.25, 0.3) is 0 Å². The zero-order chi connectivity index (χ0) is 12.3. The summed E-state index contributed by atoms with van der Waals surface area (Å²) >= 11 is 0. The summed E-state index contributed by atoms with van der Waals surface area (Å²) in [7, 11) is 2.10. The van der Waals surface area contributed by atoms with Gasteiger partial charge in [-0.25, -0.2) is 0 Å². The summed E-state index contributed by atoms with van der Waals surface area (Å²) in [5.41, 5.74) is 5.14. The van der Waals surface area contributed by atoms with E-state index in [1.807, 2.05) is 12.3 Å². The molecule has 2 atom stereocenters. The van der Waals surface area contributed by atoms with Crippen LogP contribution >= 0.6 is 0 Å². The summed E-state index contributed by atoms with van der Waals surface area (Å²) in [5, 5.41) is 0. The highest BCUT2D eigenvalue weighted by molar-refractivity contribution is 5.26. The third-order valence-electron chi connectivity index (χ3n) is 3.26. The van der Waals surface area contributed by atoms with E-state index < -0.39 is 0 Å². The van der Waals surface area contributed by atoms with E-state index in [9.17, 15) is 0 Å². The molecule has 0 aromatic carbocycles. The molecule has 5 heteroatoms. The van der Waals surface area contributed by atoms with Crippen molar-refractivity contribution >= 4 is 0 Å². The predicted molar refractivity (Wildman–Crippen MR) is 66.3 cm³/mol. The van der Waals surface area contributed by atoms with Crippen molar-refractivity contribution in [2.75, 3.05) is 26.7 Å². The van der Waals surface area contributed by atoms with E-state index in [0.717, 1.165) is 25.3 Å². The van der Waals surface area contributed by atoms with Crippen LogP contribution in [-0.4, -0.2) is 42.7 Å². The second kappa shape index (κ2) is 5.55. The van der Waals surface area contributed by atoms with E-state index in [1.165, 1.54) is 5.56 Å². The molecule has 1 aromatic rings. The molecule has 2 rings (SSSR count). The van der Waals surface area contributed by atoms with Crippen LogP contribution in [0.2, 0.25) is 0 Å². The van der Waals surface area contributed by atoms with Gasteiger partial charge >= 0.3 is 0 Å². The fourth-order valence-corrected chi connectivity index (χ4v) is 2.21. The first-order valence-electron chi connectivity index (χ1n) is 5.89. The van der Waals surface area contributed by atoms with Crippen LogP contribution in [0.3, 0.4) is 0 Å². The highest BCUT2D eigenvalue weighted by Crippen LogP contribution is 2.23. The molecule has 3 N–H and O–H groups in total. The van der Waals surface area contributed by atoms with Gasteiger partial charge in [0.2, 0.25) is 0 Å². The Balaban J connectivity index is 2.18. The maximum absolute atomic E-state index is 5.80. The van der Waals surface area contributed by atoms with Gasteiger partial charge in [0.25, 0.3) is 0 Å². The third-order valence-corrected chi connectivity index (χ3v) is 3.26. The molecular formula is C12H20N4O. The number of aryl methyl sites for hydroxylation is 1. The third kappa shape index (κ3) is 2.81. The Kier molecular flexibility index (Phi) is 4.06. The van der Waals surface area contributed by atoms with Gasteiger partial charge in [0.15, 0.2) is 0 Å². The number of hydrogen-bond donors (Lipinski definition) is 2. The average Bonchev–Trinajstić information content (AvgIpc) is 2.33. The van der Waals surface area contributed by atoms with Crippen molar-refractivity contribution in [3.63, 3.8) is 0 Å². The lowest BCUT2D eigenvalue weighted by Crippen LogP contribution is -2.48. The number of nitrogens with two attached hydrogens (primary N) is 1. The first-order chi connectivity index (χ1) is 8.22. The second-order valence-electron chi connectivity index (χ2n) is 4.55. The van der Waals surface area contributed by atoms with E-state index in [-0.39, 0.29) is 12.1 Å². The van der Waals surface area contributed by atoms with Crippen molar-refractivity contribution in [1.82, 2.24) is 15.3 Å². The number of hydrazine groups is 1. The quantitative estimate of drug-likeness (QED) is 0.581. The van der Waals surface area contributed by atoms with Gasteiger partial charge in [-0.1, -0.05) is 0 Å². The summed E-state index contributed by atoms with van der Waals surface area (Å²) in [6.07, 6.45) is 3.72. The van der Waals surface area contributed by atoms with Gasteiger partial charge in [0.05, 0.1) is 18.8 Å². The van der Waals surface area contributed by atoms with Crippen molar-refractivity contribution in [1.29, 1.82) is 0 Å². The Hall–Kier alpha value is -1.01. The normalized spacial score (nSPS) is 23.6. The maximum atomic E-state index is 5.80. The Bertz CT molecular complexity index is 371. The number of nitrogens with one attached hydrogen (secondary N) is 1. The van der Waals surface area contributed by atoms with Gasteiger partial charge in [-0.2, -0.15) is 0 Å². The molecule has 94 valence electrons. The van der Waals surface area contributed by atoms with E-state index in [1.54, 1.807) is 6.20 Å². The molecule has 0 radical (unpaired) electrons. The lowest BCUT2D eigenvalue weighted by molar-refractivity contribution is -0.0394. The summed E-state index contributed by atoms with van der Waals surface area (Å²) in [4.78, 5) is 6.42. The highest BCUT2D eigenvalue weighted by atomic mass is 16.5. The molecule has 0 bridgehead atoms. The number of nitrogens with zero attached hydrogens (tertiary/aromatic N) is 2. The molecule has 1 aliphatic heterocycles. The van der Waals surface area contributed by atoms with Crippen molar-refractivity contribution in [2.24, 2.45) is 5.84 Å². The van der Waals surface area contributed by atoms with Crippen molar-refractivity contribution in [2.45, 2.75) is 19.1 Å². The second-order valence-corrected chi connectivity index (χ2v) is 4.55. The fraction of sp³-hybridized carbons (Fsp3) is 0.583. The molecule has 0 amide bonds. The van der Waals surface area contributed by atoms with Crippen LogP contribution in [0.5, 0.6) is 0 Å². The van der Waals surface area contributed by atoms with Crippen molar-refractivity contribution in [3.05, 3.63) is 29.6 Å². The van der Waals surface area contributed by atoms with Crippen LogP contribution in [0.4, 0.5) is 0 Å². The molecule has 5 nitrogen and oxygen atoms in total. The van der Waals surface area contributed by atoms with Crippen molar-refractivity contribution in [3.8, 4) is 0 Å². The Morgan fingerprint density at radius 1 is 1.65 bits per heavy atom. The number of likely N-dealkylation sites (N-methyl/N-ethyl adjacent to an activating group) is 1. The Labute approximate surface area is 102 Å². The number of rotatable bonds is 3. The van der Waals surface area contributed by atoms with Crippen LogP contribution in [0, 0.1) is 6.92 Å². The molecular weight excluding hydrogens is 216 g/mol. The zero-order valence-corrected chi connectivity index (χ0v) is 10.4. The monoisotopic (exact) mass is 236 g/mol. The molecule has 1 aromatic heterocycles. The molecule has 0 spiro atoms. The van der Waals surface area contributed by atoms with Crippen molar-refractivity contribution < 1.29 is 4.74 Å². The van der Waals surface area contributed by atoms with Crippen LogP contribution < -0.4 is 11.3 Å². The first kappa shape index (κ1) is 12.4. The number of pyridine rings is 1. The molecule has 0 saturated carbocycles. The minimum Gasteiger partial charge on any atom is -0.374 e. The van der Waals surface area contributed by atoms with E-state index >= 15 is 0 Å². The van der Waals surface area contributed by atoms with Gasteiger partial charge in [-0.15, -0.1) is 0 Å². The van der Waals surface area contributed by atoms with Gasteiger partial charge in [-0.3, -0.25) is 16.3 Å². The fourth-order valence-electron chi connectivity index (χ4n) is 2.21. The Morgan fingerprint density at radius 2 is 2.47 bits per heavy atom. The minimum absolute atomic E-state index is 0.00792. The van der Waals surface area contributed by atoms with Crippen LogP contribution in [0.15, 0.2) is 18.5 Å². The average molecular weight is 236 g/mol. The number of hydrogen-bond acceptors (Lipinski definition) is 5. The molecule has 0 aliphatic carbocycles. The van der Waals surface area contributed by atoms with Gasteiger partial charge in [0, 0.05) is 25.5 Å². The predicted octanol–water partition coefficient (Wildman–Crippen LogP) is 0.225. The summed E-state index contributed by atoms with van der Waals surface area (Å²) in [5.74, 6) is 5.67. The van der Waals surface area contributed by atoms with E-state index in [0.29, 0.717) is 0 Å². The molecule has 1 fully saturated rings. The molecule has 17 heavy (non-hydrogen) atoms. The maximum Gasteiger partial charge on any atom is 0.0910 e. The summed E-state index contributed by atoms with van der Waals surface area (Å²) in [6, 6.07) is 1.98. The van der Waals surface area contributed by atoms with E-state index in [4.69, 9.17) is 10.6 Å². The first-order valence-corrected chi connectivity index (χ1v) is 5.89. The van der Waals surface area contributed by atoms with Crippen LogP contribution in [0.1, 0.15) is 17.2 Å². The lowest BCUT2D eigenvalue weighted by Gasteiger charge is -2.35. The lowest BCUT2D eigenvalue weighted by atomic mass is 9.98. The van der Waals surface area contributed by atoms with Gasteiger partial charge in [-0.05, 0) is 31.2 Å². The SMILES string of the molecule is Cc1ccncc1C(NN)C1CN(C)CCO1. The topological polar surface area (TPSA) is 63.4 Å². The Morgan fingerprint density at radius 3 is 3.12 bits per heavy atom. The zero-order valence-electron chi connectivity index (χ0n) is 10.4. The summed E-state index contributed by atoms with van der Waals surface area (Å²) < 4.78 is 5.80.